The molecular weight excluding hydrogens is 324 g/mol. The Morgan fingerprint density at radius 1 is 1.12 bits per heavy atom. The summed E-state index contributed by atoms with van der Waals surface area (Å²) in [6, 6.07) is 10.3. The van der Waals surface area contributed by atoms with Gasteiger partial charge in [0, 0.05) is 7.05 Å². The maximum atomic E-state index is 12.8. The molecule has 1 heterocycles. The average Bonchev–Trinajstić information content (AvgIpc) is 2.64. The van der Waals surface area contributed by atoms with Crippen LogP contribution in [0.15, 0.2) is 36.4 Å². The van der Waals surface area contributed by atoms with Gasteiger partial charge < -0.3 is 24.4 Å². The average molecular weight is 342 g/mol. The van der Waals surface area contributed by atoms with Crippen LogP contribution in [0.3, 0.4) is 0 Å². The van der Waals surface area contributed by atoms with E-state index in [-0.39, 0.29) is 18.1 Å². The van der Waals surface area contributed by atoms with Crippen molar-refractivity contribution in [2.45, 2.75) is 0 Å². The fourth-order valence-corrected chi connectivity index (χ4v) is 2.71. The number of hydrogen-bond acceptors (Lipinski definition) is 5. The number of nitrogens with one attached hydrogen (secondary N) is 1. The van der Waals surface area contributed by atoms with Crippen LogP contribution in [-0.2, 0) is 4.79 Å². The van der Waals surface area contributed by atoms with E-state index < -0.39 is 5.91 Å². The molecule has 1 N–H and O–H groups in total. The van der Waals surface area contributed by atoms with E-state index in [0.717, 1.165) is 0 Å². The monoisotopic (exact) mass is 342 g/mol. The van der Waals surface area contributed by atoms with Gasteiger partial charge in [0.2, 0.25) is 0 Å². The lowest BCUT2D eigenvalue weighted by molar-refractivity contribution is -0.120. The van der Waals surface area contributed by atoms with Crippen molar-refractivity contribution in [2.24, 2.45) is 0 Å². The van der Waals surface area contributed by atoms with Crippen LogP contribution in [0.5, 0.6) is 17.2 Å². The Bertz CT molecular complexity index is 812. The van der Waals surface area contributed by atoms with E-state index >= 15 is 0 Å². The number of amides is 2. The Hall–Kier alpha value is -3.22. The summed E-state index contributed by atoms with van der Waals surface area (Å²) >= 11 is 0. The van der Waals surface area contributed by atoms with Gasteiger partial charge in [0.25, 0.3) is 11.8 Å². The molecule has 0 unspecified atom stereocenters. The van der Waals surface area contributed by atoms with Crippen LogP contribution in [0.2, 0.25) is 0 Å². The highest BCUT2D eigenvalue weighted by atomic mass is 16.5. The summed E-state index contributed by atoms with van der Waals surface area (Å²) in [6.45, 7) is -0.0266. The van der Waals surface area contributed by atoms with Crippen LogP contribution in [0, 0.1) is 0 Å². The van der Waals surface area contributed by atoms with Crippen molar-refractivity contribution in [2.75, 3.05) is 38.1 Å². The summed E-state index contributed by atoms with van der Waals surface area (Å²) in [6.07, 6.45) is 0. The number of methoxy groups -OCH3 is 2. The van der Waals surface area contributed by atoms with Crippen LogP contribution in [-0.4, -0.2) is 39.7 Å². The van der Waals surface area contributed by atoms with E-state index in [4.69, 9.17) is 14.2 Å². The topological polar surface area (TPSA) is 77.1 Å². The fraction of sp³-hybridized carbons (Fsp3) is 0.222. The Labute approximate surface area is 145 Å². The molecule has 1 aliphatic rings. The maximum absolute atomic E-state index is 12.8. The summed E-state index contributed by atoms with van der Waals surface area (Å²) in [5.74, 6) is 0.717. The van der Waals surface area contributed by atoms with Crippen molar-refractivity contribution in [1.82, 2.24) is 0 Å². The Morgan fingerprint density at radius 2 is 1.76 bits per heavy atom. The summed E-state index contributed by atoms with van der Waals surface area (Å²) in [5, 5.41) is 2.81. The number of likely N-dealkylation sites (N-methyl/N-ethyl adjacent to an activating group) is 1. The molecule has 0 atom stereocenters. The first-order valence-corrected chi connectivity index (χ1v) is 7.61. The van der Waals surface area contributed by atoms with Crippen molar-refractivity contribution < 1.29 is 23.8 Å². The van der Waals surface area contributed by atoms with Crippen LogP contribution in [0.25, 0.3) is 0 Å². The molecule has 2 aromatic rings. The van der Waals surface area contributed by atoms with E-state index in [1.54, 1.807) is 43.4 Å². The minimum atomic E-state index is -0.408. The molecule has 2 amide bonds. The first kappa shape index (κ1) is 16.6. The maximum Gasteiger partial charge on any atom is 0.264 e. The zero-order chi connectivity index (χ0) is 18.0. The molecular formula is C18H18N2O5. The number of hydrogen-bond donors (Lipinski definition) is 1. The number of carbonyl (C=O) groups is 2. The van der Waals surface area contributed by atoms with Crippen LogP contribution < -0.4 is 24.4 Å². The predicted octanol–water partition coefficient (Wildman–Crippen LogP) is 2.31. The normalized spacial score (nSPS) is 12.9. The third-order valence-electron chi connectivity index (χ3n) is 3.96. The van der Waals surface area contributed by atoms with Gasteiger partial charge in [0.05, 0.1) is 19.9 Å². The standard InChI is InChI=1S/C18H18N2O5/c1-20-15(21)10-25-14-9-4-6-11(17(14)20)19-18(22)16-12(23-2)7-5-8-13(16)24-3/h4-9H,10H2,1-3H3,(H,19,22). The number of carbonyl (C=O) groups excluding carboxylic acids is 2. The molecule has 0 aromatic heterocycles. The molecule has 0 radical (unpaired) electrons. The number of ether oxygens (including phenoxy) is 3. The number of benzene rings is 2. The van der Waals surface area contributed by atoms with Crippen LogP contribution in [0.1, 0.15) is 10.4 Å². The summed E-state index contributed by atoms with van der Waals surface area (Å²) < 4.78 is 16.0. The van der Waals surface area contributed by atoms with Crippen molar-refractivity contribution in [1.29, 1.82) is 0 Å². The molecule has 130 valence electrons. The first-order valence-electron chi connectivity index (χ1n) is 7.61. The molecule has 0 bridgehead atoms. The third-order valence-corrected chi connectivity index (χ3v) is 3.96. The number of para-hydroxylation sites is 1. The van der Waals surface area contributed by atoms with Gasteiger partial charge in [-0.1, -0.05) is 12.1 Å². The van der Waals surface area contributed by atoms with Crippen LogP contribution >= 0.6 is 0 Å². The summed E-state index contributed by atoms with van der Waals surface area (Å²) in [7, 11) is 4.61. The van der Waals surface area contributed by atoms with Gasteiger partial charge in [-0.25, -0.2) is 0 Å². The van der Waals surface area contributed by atoms with E-state index in [0.29, 0.717) is 28.6 Å². The number of fused-ring (bicyclic) bond motifs is 1. The molecule has 7 heteroatoms. The van der Waals surface area contributed by atoms with E-state index in [1.165, 1.54) is 19.1 Å². The Morgan fingerprint density at radius 3 is 2.40 bits per heavy atom. The molecule has 3 rings (SSSR count). The summed E-state index contributed by atoms with van der Waals surface area (Å²) in [5.41, 5.74) is 1.25. The molecule has 0 saturated heterocycles. The third kappa shape index (κ3) is 2.96. The van der Waals surface area contributed by atoms with Gasteiger partial charge >= 0.3 is 0 Å². The molecule has 2 aromatic carbocycles. The molecule has 25 heavy (non-hydrogen) atoms. The summed E-state index contributed by atoms with van der Waals surface area (Å²) in [4.78, 5) is 26.2. The van der Waals surface area contributed by atoms with Gasteiger partial charge in [-0.3, -0.25) is 9.59 Å². The van der Waals surface area contributed by atoms with E-state index in [1.807, 2.05) is 0 Å². The fourth-order valence-electron chi connectivity index (χ4n) is 2.71. The minimum Gasteiger partial charge on any atom is -0.496 e. The number of anilines is 2. The first-order chi connectivity index (χ1) is 12.1. The molecule has 1 aliphatic heterocycles. The second-order valence-electron chi connectivity index (χ2n) is 5.39. The lowest BCUT2D eigenvalue weighted by atomic mass is 10.1. The van der Waals surface area contributed by atoms with Gasteiger partial charge in [-0.2, -0.15) is 0 Å². The highest BCUT2D eigenvalue weighted by Crippen LogP contribution is 2.39. The van der Waals surface area contributed by atoms with Crippen molar-refractivity contribution in [3.8, 4) is 17.2 Å². The second kappa shape index (κ2) is 6.72. The minimum absolute atomic E-state index is 0.0266. The quantitative estimate of drug-likeness (QED) is 0.923. The lowest BCUT2D eigenvalue weighted by Crippen LogP contribution is -2.36. The Balaban J connectivity index is 2.00. The van der Waals surface area contributed by atoms with Gasteiger partial charge in [-0.05, 0) is 24.3 Å². The van der Waals surface area contributed by atoms with E-state index in [9.17, 15) is 9.59 Å². The zero-order valence-electron chi connectivity index (χ0n) is 14.2. The van der Waals surface area contributed by atoms with Gasteiger partial charge in [0.15, 0.2) is 6.61 Å². The second-order valence-corrected chi connectivity index (χ2v) is 5.39. The van der Waals surface area contributed by atoms with Gasteiger partial charge in [0.1, 0.15) is 28.5 Å². The van der Waals surface area contributed by atoms with Crippen LogP contribution in [0.4, 0.5) is 11.4 Å². The highest BCUT2D eigenvalue weighted by molar-refractivity contribution is 6.11. The molecule has 0 spiro atoms. The predicted molar refractivity (Wildman–Crippen MR) is 92.8 cm³/mol. The molecule has 0 saturated carbocycles. The van der Waals surface area contributed by atoms with E-state index in [2.05, 4.69) is 5.32 Å². The largest absolute Gasteiger partial charge is 0.496 e. The Kier molecular flexibility index (Phi) is 4.47. The zero-order valence-corrected chi connectivity index (χ0v) is 14.2. The molecule has 0 aliphatic carbocycles. The van der Waals surface area contributed by atoms with Gasteiger partial charge in [-0.15, -0.1) is 0 Å². The highest BCUT2D eigenvalue weighted by Gasteiger charge is 2.27. The van der Waals surface area contributed by atoms with Crippen molar-refractivity contribution in [3.05, 3.63) is 42.0 Å². The number of nitrogens with zero attached hydrogens (tertiary/aromatic N) is 1. The lowest BCUT2D eigenvalue weighted by Gasteiger charge is -2.28. The van der Waals surface area contributed by atoms with Crippen molar-refractivity contribution >= 4 is 23.2 Å². The smallest absolute Gasteiger partial charge is 0.264 e. The SMILES string of the molecule is COc1cccc(OC)c1C(=O)Nc1cccc2c1N(C)C(=O)CO2. The number of rotatable bonds is 4. The molecule has 0 fully saturated rings. The van der Waals surface area contributed by atoms with Crippen molar-refractivity contribution in [3.63, 3.8) is 0 Å². The molecule has 7 nitrogen and oxygen atoms in total.